The van der Waals surface area contributed by atoms with Gasteiger partial charge in [0.2, 0.25) is 5.91 Å². The standard InChI is InChI=1S/C10H15N3O4/c1-6(14)4-11-9(15)8-3-2-7-5-12(8)10(16)13(7)17/h7-8,17H,2-5H2,1H3,(H,11,15)/t7-,8+/m1/s1. The molecule has 7 nitrogen and oxygen atoms in total. The summed E-state index contributed by atoms with van der Waals surface area (Å²) in [6, 6.07) is -1.31. The van der Waals surface area contributed by atoms with Gasteiger partial charge in [0.25, 0.3) is 0 Å². The number of carbonyl (C=O) groups is 3. The summed E-state index contributed by atoms with van der Waals surface area (Å²) in [6.45, 7) is 1.73. The van der Waals surface area contributed by atoms with Gasteiger partial charge in [0, 0.05) is 6.54 Å². The molecule has 3 amide bonds. The first kappa shape index (κ1) is 11.8. The van der Waals surface area contributed by atoms with E-state index in [0.29, 0.717) is 24.4 Å². The first-order chi connectivity index (χ1) is 8.00. The fourth-order valence-electron chi connectivity index (χ4n) is 2.25. The van der Waals surface area contributed by atoms with Gasteiger partial charge in [-0.05, 0) is 19.8 Å². The van der Waals surface area contributed by atoms with E-state index in [1.165, 1.54) is 11.8 Å². The zero-order valence-electron chi connectivity index (χ0n) is 9.55. The van der Waals surface area contributed by atoms with E-state index >= 15 is 0 Å². The van der Waals surface area contributed by atoms with Crippen LogP contribution in [0.25, 0.3) is 0 Å². The third kappa shape index (κ3) is 2.10. The van der Waals surface area contributed by atoms with E-state index in [-0.39, 0.29) is 24.3 Å². The van der Waals surface area contributed by atoms with Gasteiger partial charge in [-0.15, -0.1) is 0 Å². The quantitative estimate of drug-likeness (QED) is 0.642. The van der Waals surface area contributed by atoms with Gasteiger partial charge < -0.3 is 10.2 Å². The minimum absolute atomic E-state index is 0.0242. The van der Waals surface area contributed by atoms with Gasteiger partial charge in [-0.3, -0.25) is 14.8 Å². The van der Waals surface area contributed by atoms with Crippen molar-refractivity contribution in [2.75, 3.05) is 13.1 Å². The molecule has 2 atom stereocenters. The van der Waals surface area contributed by atoms with E-state index in [2.05, 4.69) is 5.32 Å². The summed E-state index contributed by atoms with van der Waals surface area (Å²) in [4.78, 5) is 35.5. The maximum absolute atomic E-state index is 11.8. The molecular weight excluding hydrogens is 226 g/mol. The third-order valence-electron chi connectivity index (χ3n) is 3.16. The summed E-state index contributed by atoms with van der Waals surface area (Å²) >= 11 is 0. The Hall–Kier alpha value is -1.63. The summed E-state index contributed by atoms with van der Waals surface area (Å²) < 4.78 is 0. The number of amides is 3. The van der Waals surface area contributed by atoms with Crippen LogP contribution in [0.3, 0.4) is 0 Å². The number of hydroxylamine groups is 2. The molecule has 0 aliphatic carbocycles. The Morgan fingerprint density at radius 1 is 1.47 bits per heavy atom. The number of hydrogen-bond acceptors (Lipinski definition) is 4. The molecule has 7 heteroatoms. The van der Waals surface area contributed by atoms with Crippen LogP contribution in [0.4, 0.5) is 4.79 Å². The molecule has 94 valence electrons. The number of urea groups is 1. The molecule has 2 heterocycles. The molecule has 2 fully saturated rings. The highest BCUT2D eigenvalue weighted by atomic mass is 16.5. The molecule has 2 bridgehead atoms. The van der Waals surface area contributed by atoms with Gasteiger partial charge in [0.15, 0.2) is 0 Å². The monoisotopic (exact) mass is 241 g/mol. The number of fused-ring (bicyclic) bond motifs is 2. The average molecular weight is 241 g/mol. The second-order valence-corrected chi connectivity index (χ2v) is 4.45. The Balaban J connectivity index is 2.00. The Morgan fingerprint density at radius 2 is 2.18 bits per heavy atom. The van der Waals surface area contributed by atoms with Gasteiger partial charge in [-0.25, -0.2) is 9.86 Å². The van der Waals surface area contributed by atoms with Gasteiger partial charge in [-0.1, -0.05) is 0 Å². The SMILES string of the molecule is CC(=O)CNC(=O)[C@@H]1CC[C@@H]2CN1C(=O)N2O. The van der Waals surface area contributed by atoms with Gasteiger partial charge in [0.05, 0.1) is 12.6 Å². The van der Waals surface area contributed by atoms with Crippen LogP contribution in [0.2, 0.25) is 0 Å². The molecule has 2 saturated heterocycles. The van der Waals surface area contributed by atoms with E-state index in [9.17, 15) is 19.6 Å². The van der Waals surface area contributed by atoms with Crippen LogP contribution < -0.4 is 5.32 Å². The number of piperidine rings is 1. The van der Waals surface area contributed by atoms with Gasteiger partial charge in [-0.2, -0.15) is 0 Å². The maximum atomic E-state index is 11.8. The van der Waals surface area contributed by atoms with Crippen molar-refractivity contribution in [3.05, 3.63) is 0 Å². The smallest absolute Gasteiger partial charge is 0.344 e. The molecule has 2 aliphatic rings. The van der Waals surface area contributed by atoms with Crippen molar-refractivity contribution < 1.29 is 19.6 Å². The topological polar surface area (TPSA) is 90.0 Å². The number of nitrogens with one attached hydrogen (secondary N) is 1. The first-order valence-electron chi connectivity index (χ1n) is 5.56. The zero-order valence-corrected chi connectivity index (χ0v) is 9.55. The number of nitrogens with zero attached hydrogens (tertiary/aromatic N) is 2. The fourth-order valence-corrected chi connectivity index (χ4v) is 2.25. The molecule has 0 unspecified atom stereocenters. The van der Waals surface area contributed by atoms with Crippen LogP contribution in [-0.2, 0) is 9.59 Å². The number of rotatable bonds is 3. The van der Waals surface area contributed by atoms with Crippen LogP contribution in [0.5, 0.6) is 0 Å². The Morgan fingerprint density at radius 3 is 2.82 bits per heavy atom. The molecule has 0 spiro atoms. The molecule has 0 aromatic rings. The molecule has 0 radical (unpaired) electrons. The lowest BCUT2D eigenvalue weighted by Crippen LogP contribution is -2.50. The second kappa shape index (κ2) is 4.33. The predicted molar refractivity (Wildman–Crippen MR) is 56.2 cm³/mol. The third-order valence-corrected chi connectivity index (χ3v) is 3.16. The van der Waals surface area contributed by atoms with E-state index in [4.69, 9.17) is 0 Å². The Labute approximate surface area is 98.3 Å². The van der Waals surface area contributed by atoms with Crippen LogP contribution in [0, 0.1) is 0 Å². The van der Waals surface area contributed by atoms with Crippen molar-refractivity contribution in [1.82, 2.24) is 15.3 Å². The minimum atomic E-state index is -0.574. The molecule has 2 N–H and O–H groups in total. The van der Waals surface area contributed by atoms with Crippen molar-refractivity contribution >= 4 is 17.7 Å². The molecule has 2 aliphatic heterocycles. The highest BCUT2D eigenvalue weighted by Crippen LogP contribution is 2.28. The molecule has 17 heavy (non-hydrogen) atoms. The summed E-state index contributed by atoms with van der Waals surface area (Å²) in [5, 5.41) is 12.6. The predicted octanol–water partition coefficient (Wildman–Crippen LogP) is -0.651. The summed E-state index contributed by atoms with van der Waals surface area (Å²) in [5.74, 6) is -0.467. The minimum Gasteiger partial charge on any atom is -0.347 e. The second-order valence-electron chi connectivity index (χ2n) is 4.45. The Kier molecular flexibility index (Phi) is 3.01. The maximum Gasteiger partial charge on any atom is 0.344 e. The lowest BCUT2D eigenvalue weighted by Gasteiger charge is -2.29. The molecule has 0 saturated carbocycles. The fraction of sp³-hybridized carbons (Fsp3) is 0.700. The van der Waals surface area contributed by atoms with E-state index in [1.54, 1.807) is 0 Å². The van der Waals surface area contributed by atoms with Crippen molar-refractivity contribution in [2.24, 2.45) is 0 Å². The van der Waals surface area contributed by atoms with E-state index < -0.39 is 12.1 Å². The average Bonchev–Trinajstić information content (AvgIpc) is 2.52. The number of Topliss-reactive ketones (excluding diaryl/α,β-unsaturated/α-hetero) is 1. The normalized spacial score (nSPS) is 27.3. The lowest BCUT2D eigenvalue weighted by molar-refractivity contribution is -0.128. The summed E-state index contributed by atoms with van der Waals surface area (Å²) in [6.07, 6.45) is 1.11. The molecule has 0 aromatic heterocycles. The first-order valence-corrected chi connectivity index (χ1v) is 5.56. The van der Waals surface area contributed by atoms with Crippen molar-refractivity contribution in [1.29, 1.82) is 0 Å². The Bertz CT molecular complexity index is 371. The van der Waals surface area contributed by atoms with E-state index in [1.807, 2.05) is 0 Å². The van der Waals surface area contributed by atoms with Crippen molar-refractivity contribution in [2.45, 2.75) is 31.8 Å². The zero-order chi connectivity index (χ0) is 12.6. The highest BCUT2D eigenvalue weighted by molar-refractivity contribution is 5.91. The van der Waals surface area contributed by atoms with Crippen LogP contribution in [-0.4, -0.2) is 58.1 Å². The van der Waals surface area contributed by atoms with Crippen LogP contribution in [0.15, 0.2) is 0 Å². The number of carbonyl (C=O) groups excluding carboxylic acids is 3. The molecule has 2 rings (SSSR count). The number of ketones is 1. The summed E-state index contributed by atoms with van der Waals surface area (Å²) in [5.41, 5.74) is 0. The van der Waals surface area contributed by atoms with Crippen molar-refractivity contribution in [3.63, 3.8) is 0 Å². The van der Waals surface area contributed by atoms with Gasteiger partial charge in [0.1, 0.15) is 11.8 Å². The largest absolute Gasteiger partial charge is 0.347 e. The van der Waals surface area contributed by atoms with Crippen LogP contribution in [0.1, 0.15) is 19.8 Å². The molecular formula is C10H15N3O4. The van der Waals surface area contributed by atoms with E-state index in [0.717, 1.165) is 0 Å². The molecule has 0 aromatic carbocycles. The van der Waals surface area contributed by atoms with Crippen LogP contribution >= 0.6 is 0 Å². The lowest BCUT2D eigenvalue weighted by atomic mass is 10.0. The highest BCUT2D eigenvalue weighted by Gasteiger charge is 2.46. The van der Waals surface area contributed by atoms with Gasteiger partial charge >= 0.3 is 6.03 Å². The van der Waals surface area contributed by atoms with Crippen molar-refractivity contribution in [3.8, 4) is 0 Å². The number of hydrogen-bond donors (Lipinski definition) is 2. The summed E-state index contributed by atoms with van der Waals surface area (Å²) in [7, 11) is 0.